The van der Waals surface area contributed by atoms with Gasteiger partial charge in [-0.25, -0.2) is 0 Å². The largest absolute Gasteiger partial charge is 0.389 e. The maximum Gasteiger partial charge on any atom is 0.0897 e. The number of aliphatic hydroxyl groups is 1. The fraction of sp³-hybridized carbons (Fsp3) is 0.647. The highest BCUT2D eigenvalue weighted by Gasteiger charge is 2.41. The van der Waals surface area contributed by atoms with Crippen molar-refractivity contribution in [1.82, 2.24) is 5.32 Å². The Morgan fingerprint density at radius 2 is 1.76 bits per heavy atom. The highest BCUT2D eigenvalue weighted by atomic mass is 35.5. The lowest BCUT2D eigenvalue weighted by atomic mass is 10.1. The second-order valence-electron chi connectivity index (χ2n) is 6.40. The van der Waals surface area contributed by atoms with E-state index in [2.05, 4.69) is 5.32 Å². The molecule has 2 N–H and O–H groups in total. The first-order valence-corrected chi connectivity index (χ1v) is 8.34. The standard InChI is InChI=1S/C17H24ClNO2/c18-15-7-1-12(2-8-15)10-21-11-16(20)9-19-17(13-3-4-13)14-5-6-14/h1-2,7-8,13-14,16-17,19-20H,3-6,9-11H2. The van der Waals surface area contributed by atoms with Gasteiger partial charge in [0.1, 0.15) is 0 Å². The molecule has 0 saturated heterocycles. The molecule has 3 nitrogen and oxygen atoms in total. The number of benzene rings is 1. The van der Waals surface area contributed by atoms with Crippen molar-refractivity contribution in [3.8, 4) is 0 Å². The molecule has 1 aromatic rings. The summed E-state index contributed by atoms with van der Waals surface area (Å²) in [6.45, 7) is 1.53. The number of aliphatic hydroxyl groups excluding tert-OH is 1. The minimum Gasteiger partial charge on any atom is -0.389 e. The zero-order valence-electron chi connectivity index (χ0n) is 12.3. The van der Waals surface area contributed by atoms with Crippen molar-refractivity contribution in [2.75, 3.05) is 13.2 Å². The van der Waals surface area contributed by atoms with Crippen LogP contribution in [0.15, 0.2) is 24.3 Å². The van der Waals surface area contributed by atoms with E-state index in [0.717, 1.165) is 22.4 Å². The molecule has 4 heteroatoms. The maximum absolute atomic E-state index is 10.0. The highest BCUT2D eigenvalue weighted by molar-refractivity contribution is 6.30. The van der Waals surface area contributed by atoms with Crippen LogP contribution < -0.4 is 5.32 Å². The van der Waals surface area contributed by atoms with Gasteiger partial charge >= 0.3 is 0 Å². The first kappa shape index (κ1) is 15.3. The maximum atomic E-state index is 10.0. The topological polar surface area (TPSA) is 41.5 Å². The third-order valence-corrected chi connectivity index (χ3v) is 4.59. The third-order valence-electron chi connectivity index (χ3n) is 4.34. The lowest BCUT2D eigenvalue weighted by Crippen LogP contribution is -2.40. The van der Waals surface area contributed by atoms with Gasteiger partial charge in [0.2, 0.25) is 0 Å². The molecular weight excluding hydrogens is 286 g/mol. The summed E-state index contributed by atoms with van der Waals surface area (Å²) in [6, 6.07) is 8.24. The molecule has 116 valence electrons. The van der Waals surface area contributed by atoms with E-state index in [4.69, 9.17) is 16.3 Å². The quantitative estimate of drug-likeness (QED) is 0.737. The zero-order chi connectivity index (χ0) is 14.7. The predicted octanol–water partition coefficient (Wildman–Crippen LogP) is 3.00. The number of halogens is 1. The van der Waals surface area contributed by atoms with Gasteiger partial charge < -0.3 is 15.2 Å². The van der Waals surface area contributed by atoms with Crippen LogP contribution in [0.25, 0.3) is 0 Å². The molecule has 2 fully saturated rings. The number of ether oxygens (including phenoxy) is 1. The van der Waals surface area contributed by atoms with Crippen molar-refractivity contribution in [2.24, 2.45) is 11.8 Å². The van der Waals surface area contributed by atoms with Gasteiger partial charge in [0.25, 0.3) is 0 Å². The van der Waals surface area contributed by atoms with Crippen LogP contribution in [0.5, 0.6) is 0 Å². The van der Waals surface area contributed by atoms with Gasteiger partial charge in [0.05, 0.1) is 19.3 Å². The minimum absolute atomic E-state index is 0.373. The van der Waals surface area contributed by atoms with Gasteiger partial charge in [-0.15, -0.1) is 0 Å². The number of hydrogen-bond donors (Lipinski definition) is 2. The Bertz CT molecular complexity index is 431. The summed E-state index contributed by atoms with van der Waals surface area (Å²) in [6.07, 6.45) is 5.00. The predicted molar refractivity (Wildman–Crippen MR) is 84.4 cm³/mol. The van der Waals surface area contributed by atoms with E-state index in [1.165, 1.54) is 25.7 Å². The van der Waals surface area contributed by atoms with E-state index in [0.29, 0.717) is 25.8 Å². The van der Waals surface area contributed by atoms with E-state index >= 15 is 0 Å². The zero-order valence-corrected chi connectivity index (χ0v) is 13.1. The Morgan fingerprint density at radius 3 is 2.33 bits per heavy atom. The average Bonchev–Trinajstić information content (AvgIpc) is 3.35. The molecule has 0 radical (unpaired) electrons. The van der Waals surface area contributed by atoms with Gasteiger partial charge in [-0.2, -0.15) is 0 Å². The van der Waals surface area contributed by atoms with Crippen molar-refractivity contribution in [2.45, 2.75) is 44.4 Å². The fourth-order valence-corrected chi connectivity index (χ4v) is 2.98. The highest BCUT2D eigenvalue weighted by Crippen LogP contribution is 2.44. The first-order chi connectivity index (χ1) is 10.2. The van der Waals surface area contributed by atoms with E-state index in [-0.39, 0.29) is 0 Å². The average molecular weight is 310 g/mol. The van der Waals surface area contributed by atoms with E-state index < -0.39 is 6.10 Å². The molecule has 0 bridgehead atoms. The van der Waals surface area contributed by atoms with Gasteiger partial charge in [-0.05, 0) is 55.2 Å². The molecule has 21 heavy (non-hydrogen) atoms. The summed E-state index contributed by atoms with van der Waals surface area (Å²) < 4.78 is 5.57. The van der Waals surface area contributed by atoms with Crippen molar-refractivity contribution >= 4 is 11.6 Å². The molecule has 2 aliphatic rings. The number of hydrogen-bond acceptors (Lipinski definition) is 3. The van der Waals surface area contributed by atoms with Gasteiger partial charge in [0, 0.05) is 17.6 Å². The summed E-state index contributed by atoms with van der Waals surface area (Å²) in [4.78, 5) is 0. The second kappa shape index (κ2) is 7.10. The van der Waals surface area contributed by atoms with Crippen molar-refractivity contribution < 1.29 is 9.84 Å². The summed E-state index contributed by atoms with van der Waals surface area (Å²) in [5.74, 6) is 1.72. The molecule has 0 aliphatic heterocycles. The van der Waals surface area contributed by atoms with Gasteiger partial charge in [0.15, 0.2) is 0 Å². The Labute approximate surface area is 131 Å². The molecule has 2 saturated carbocycles. The lowest BCUT2D eigenvalue weighted by molar-refractivity contribution is 0.0269. The molecule has 0 aromatic heterocycles. The Balaban J connectivity index is 1.32. The van der Waals surface area contributed by atoms with Crippen molar-refractivity contribution in [3.05, 3.63) is 34.9 Å². The second-order valence-corrected chi connectivity index (χ2v) is 6.84. The minimum atomic E-state index is -0.433. The third kappa shape index (κ3) is 4.96. The molecule has 0 amide bonds. The van der Waals surface area contributed by atoms with Crippen molar-refractivity contribution in [3.63, 3.8) is 0 Å². The SMILES string of the molecule is OC(CNC(C1CC1)C1CC1)COCc1ccc(Cl)cc1. The normalized spacial score (nSPS) is 20.0. The summed E-state index contributed by atoms with van der Waals surface area (Å²) in [5.41, 5.74) is 1.08. The Morgan fingerprint density at radius 1 is 1.14 bits per heavy atom. The van der Waals surface area contributed by atoms with Crippen molar-refractivity contribution in [1.29, 1.82) is 0 Å². The molecule has 2 aliphatic carbocycles. The van der Waals surface area contributed by atoms with Crippen LogP contribution in [-0.4, -0.2) is 30.4 Å². The van der Waals surface area contributed by atoms with Gasteiger partial charge in [-0.1, -0.05) is 23.7 Å². The molecule has 0 spiro atoms. The fourth-order valence-electron chi connectivity index (χ4n) is 2.85. The van der Waals surface area contributed by atoms with Crippen LogP contribution in [0, 0.1) is 11.8 Å². The molecule has 1 atom stereocenters. The molecular formula is C17H24ClNO2. The number of rotatable bonds is 9. The summed E-state index contributed by atoms with van der Waals surface area (Å²) in [7, 11) is 0. The summed E-state index contributed by atoms with van der Waals surface area (Å²) >= 11 is 5.84. The smallest absolute Gasteiger partial charge is 0.0897 e. The van der Waals surface area contributed by atoms with E-state index in [1.807, 2.05) is 24.3 Å². The Hall–Kier alpha value is -0.610. The number of nitrogens with one attached hydrogen (secondary N) is 1. The van der Waals surface area contributed by atoms with Crippen LogP contribution in [-0.2, 0) is 11.3 Å². The molecule has 1 aromatic carbocycles. The van der Waals surface area contributed by atoms with Crippen LogP contribution >= 0.6 is 11.6 Å². The monoisotopic (exact) mass is 309 g/mol. The molecule has 3 rings (SSSR count). The first-order valence-electron chi connectivity index (χ1n) is 7.96. The lowest BCUT2D eigenvalue weighted by Gasteiger charge is -2.20. The van der Waals surface area contributed by atoms with Crippen LogP contribution in [0.1, 0.15) is 31.2 Å². The molecule has 0 heterocycles. The van der Waals surface area contributed by atoms with Crippen LogP contribution in [0.4, 0.5) is 0 Å². The van der Waals surface area contributed by atoms with Gasteiger partial charge in [-0.3, -0.25) is 0 Å². The van der Waals surface area contributed by atoms with E-state index in [1.54, 1.807) is 0 Å². The van der Waals surface area contributed by atoms with Crippen LogP contribution in [0.3, 0.4) is 0 Å². The van der Waals surface area contributed by atoms with Crippen LogP contribution in [0.2, 0.25) is 5.02 Å². The Kier molecular flexibility index (Phi) is 5.17. The molecule has 1 unspecified atom stereocenters. The summed E-state index contributed by atoms with van der Waals surface area (Å²) in [5, 5.41) is 14.3. The van der Waals surface area contributed by atoms with E-state index in [9.17, 15) is 5.11 Å².